The van der Waals surface area contributed by atoms with Gasteiger partial charge < -0.3 is 5.32 Å². The van der Waals surface area contributed by atoms with Crippen molar-refractivity contribution in [2.75, 3.05) is 0 Å². The molecule has 1 amide bonds. The number of hydrogen-bond donors (Lipinski definition) is 1. The van der Waals surface area contributed by atoms with Crippen molar-refractivity contribution in [2.24, 2.45) is 0 Å². The number of aromatic nitrogens is 2. The Hall–Kier alpha value is -1.62. The molecular formula is C16H18BrN3O. The minimum Gasteiger partial charge on any atom is -0.349 e. The molecule has 2 aromatic rings. The van der Waals surface area contributed by atoms with Gasteiger partial charge in [-0.15, -0.1) is 0 Å². The molecule has 1 aliphatic rings. The van der Waals surface area contributed by atoms with Crippen molar-refractivity contribution in [3.8, 4) is 0 Å². The van der Waals surface area contributed by atoms with Gasteiger partial charge in [-0.3, -0.25) is 9.48 Å². The molecule has 21 heavy (non-hydrogen) atoms. The molecule has 1 heterocycles. The van der Waals surface area contributed by atoms with Crippen molar-refractivity contribution >= 4 is 21.8 Å². The Kier molecular flexibility index (Phi) is 4.39. The number of nitrogens with one attached hydrogen (secondary N) is 1. The van der Waals surface area contributed by atoms with Gasteiger partial charge in [0.25, 0.3) is 0 Å². The summed E-state index contributed by atoms with van der Waals surface area (Å²) in [5.74, 6) is 0.128. The third-order valence-electron chi connectivity index (χ3n) is 3.87. The molecule has 0 saturated heterocycles. The van der Waals surface area contributed by atoms with Gasteiger partial charge in [-0.2, -0.15) is 5.10 Å². The highest BCUT2D eigenvalue weighted by Crippen LogP contribution is 2.32. The fourth-order valence-electron chi connectivity index (χ4n) is 2.84. The zero-order chi connectivity index (χ0) is 14.7. The third kappa shape index (κ3) is 3.53. The quantitative estimate of drug-likeness (QED) is 0.902. The van der Waals surface area contributed by atoms with Crippen LogP contribution in [-0.4, -0.2) is 15.7 Å². The van der Waals surface area contributed by atoms with Crippen molar-refractivity contribution < 1.29 is 4.79 Å². The fraction of sp³-hybridized carbons (Fsp3) is 0.375. The van der Waals surface area contributed by atoms with E-state index in [1.165, 1.54) is 11.1 Å². The van der Waals surface area contributed by atoms with Gasteiger partial charge in [0.05, 0.1) is 6.04 Å². The van der Waals surface area contributed by atoms with E-state index in [0.717, 1.165) is 30.3 Å². The first-order valence-electron chi connectivity index (χ1n) is 7.27. The van der Waals surface area contributed by atoms with E-state index in [4.69, 9.17) is 0 Å². The lowest BCUT2D eigenvalue weighted by atomic mass is 10.1. The lowest BCUT2D eigenvalue weighted by molar-refractivity contribution is -0.122. The Bertz CT molecular complexity index is 624. The summed E-state index contributed by atoms with van der Waals surface area (Å²) in [4.78, 5) is 12.1. The van der Waals surface area contributed by atoms with Crippen LogP contribution in [0.4, 0.5) is 0 Å². The molecule has 3 rings (SSSR count). The molecule has 1 aromatic carbocycles. The van der Waals surface area contributed by atoms with Crippen LogP contribution in [0.15, 0.2) is 41.1 Å². The average Bonchev–Trinajstić information content (AvgIpc) is 3.09. The van der Waals surface area contributed by atoms with Gasteiger partial charge in [-0.25, -0.2) is 0 Å². The van der Waals surface area contributed by atoms with Crippen LogP contribution in [0.5, 0.6) is 0 Å². The van der Waals surface area contributed by atoms with E-state index < -0.39 is 0 Å². The molecule has 0 unspecified atom stereocenters. The topological polar surface area (TPSA) is 46.9 Å². The van der Waals surface area contributed by atoms with Gasteiger partial charge in [0.1, 0.15) is 0 Å². The standard InChI is InChI=1S/C16H18BrN3O/c17-13-5-6-14-12(11-13)4-7-15(14)19-16(21)3-1-9-20-10-2-8-18-20/h2,5-6,8,10-11,15H,1,3-4,7,9H2,(H,19,21)/t15-/m0/s1. The monoisotopic (exact) mass is 347 g/mol. The maximum Gasteiger partial charge on any atom is 0.220 e. The zero-order valence-electron chi connectivity index (χ0n) is 11.8. The number of rotatable bonds is 5. The van der Waals surface area contributed by atoms with Crippen LogP contribution in [0.1, 0.15) is 36.4 Å². The van der Waals surface area contributed by atoms with Crippen molar-refractivity contribution in [3.05, 3.63) is 52.3 Å². The highest BCUT2D eigenvalue weighted by atomic mass is 79.9. The molecule has 0 bridgehead atoms. The number of amides is 1. The minimum atomic E-state index is 0.128. The Morgan fingerprint density at radius 1 is 1.48 bits per heavy atom. The number of hydrogen-bond acceptors (Lipinski definition) is 2. The number of carbonyl (C=O) groups excluding carboxylic acids is 1. The summed E-state index contributed by atoms with van der Waals surface area (Å²) < 4.78 is 2.96. The Morgan fingerprint density at radius 2 is 2.38 bits per heavy atom. The van der Waals surface area contributed by atoms with E-state index in [0.29, 0.717) is 6.42 Å². The summed E-state index contributed by atoms with van der Waals surface area (Å²) in [6.07, 6.45) is 7.07. The summed E-state index contributed by atoms with van der Waals surface area (Å²) >= 11 is 3.49. The second-order valence-electron chi connectivity index (χ2n) is 5.37. The first kappa shape index (κ1) is 14.3. The van der Waals surface area contributed by atoms with Crippen LogP contribution in [0, 0.1) is 0 Å². The third-order valence-corrected chi connectivity index (χ3v) is 4.36. The normalized spacial score (nSPS) is 16.7. The van der Waals surface area contributed by atoms with Crippen LogP contribution in [0.25, 0.3) is 0 Å². The highest BCUT2D eigenvalue weighted by molar-refractivity contribution is 9.10. The first-order valence-corrected chi connectivity index (χ1v) is 8.07. The van der Waals surface area contributed by atoms with E-state index in [2.05, 4.69) is 38.5 Å². The molecule has 110 valence electrons. The van der Waals surface area contributed by atoms with E-state index >= 15 is 0 Å². The maximum absolute atomic E-state index is 12.1. The summed E-state index contributed by atoms with van der Waals surface area (Å²) in [6, 6.07) is 8.37. The molecule has 4 nitrogen and oxygen atoms in total. The number of halogens is 1. The molecule has 1 aromatic heterocycles. The summed E-state index contributed by atoms with van der Waals surface area (Å²) in [7, 11) is 0. The summed E-state index contributed by atoms with van der Waals surface area (Å²) in [5.41, 5.74) is 2.60. The highest BCUT2D eigenvalue weighted by Gasteiger charge is 2.23. The van der Waals surface area contributed by atoms with Gasteiger partial charge >= 0.3 is 0 Å². The van der Waals surface area contributed by atoms with Gasteiger partial charge in [0.2, 0.25) is 5.91 Å². The van der Waals surface area contributed by atoms with E-state index in [-0.39, 0.29) is 11.9 Å². The van der Waals surface area contributed by atoms with Gasteiger partial charge in [-0.1, -0.05) is 22.0 Å². The van der Waals surface area contributed by atoms with E-state index in [9.17, 15) is 4.79 Å². The SMILES string of the molecule is O=C(CCCn1cccn1)N[C@H]1CCc2cc(Br)ccc21. The fourth-order valence-corrected chi connectivity index (χ4v) is 3.25. The second kappa shape index (κ2) is 6.43. The molecular weight excluding hydrogens is 330 g/mol. The second-order valence-corrected chi connectivity index (χ2v) is 6.29. The number of fused-ring (bicyclic) bond motifs is 1. The van der Waals surface area contributed by atoms with E-state index in [1.54, 1.807) is 6.20 Å². The largest absolute Gasteiger partial charge is 0.349 e. The van der Waals surface area contributed by atoms with Crippen molar-refractivity contribution in [3.63, 3.8) is 0 Å². The molecule has 0 spiro atoms. The van der Waals surface area contributed by atoms with Crippen molar-refractivity contribution in [2.45, 2.75) is 38.3 Å². The van der Waals surface area contributed by atoms with Crippen LogP contribution in [-0.2, 0) is 17.8 Å². The van der Waals surface area contributed by atoms with Crippen LogP contribution in [0.3, 0.4) is 0 Å². The van der Waals surface area contributed by atoms with Gasteiger partial charge in [0.15, 0.2) is 0 Å². The van der Waals surface area contributed by atoms with Crippen LogP contribution in [0.2, 0.25) is 0 Å². The van der Waals surface area contributed by atoms with Crippen molar-refractivity contribution in [1.29, 1.82) is 0 Å². The lowest BCUT2D eigenvalue weighted by Gasteiger charge is -2.14. The Morgan fingerprint density at radius 3 is 3.19 bits per heavy atom. The molecule has 0 aliphatic heterocycles. The lowest BCUT2D eigenvalue weighted by Crippen LogP contribution is -2.27. The summed E-state index contributed by atoms with van der Waals surface area (Å²) in [5, 5.41) is 7.29. The van der Waals surface area contributed by atoms with Gasteiger partial charge in [-0.05, 0) is 48.6 Å². The molecule has 1 N–H and O–H groups in total. The minimum absolute atomic E-state index is 0.128. The van der Waals surface area contributed by atoms with Crippen LogP contribution < -0.4 is 5.32 Å². The number of aryl methyl sites for hydroxylation is 2. The Labute approximate surface area is 132 Å². The molecule has 0 saturated carbocycles. The smallest absolute Gasteiger partial charge is 0.220 e. The first-order chi connectivity index (χ1) is 10.2. The number of nitrogens with zero attached hydrogens (tertiary/aromatic N) is 2. The van der Waals surface area contributed by atoms with Crippen molar-refractivity contribution in [1.82, 2.24) is 15.1 Å². The molecule has 1 atom stereocenters. The molecule has 1 aliphatic carbocycles. The van der Waals surface area contributed by atoms with Crippen LogP contribution >= 0.6 is 15.9 Å². The zero-order valence-corrected chi connectivity index (χ0v) is 13.3. The molecule has 0 radical (unpaired) electrons. The maximum atomic E-state index is 12.1. The predicted octanol–water partition coefficient (Wildman–Crippen LogP) is 3.23. The Balaban J connectivity index is 1.50. The molecule has 5 heteroatoms. The number of benzene rings is 1. The van der Waals surface area contributed by atoms with E-state index in [1.807, 2.05) is 23.0 Å². The van der Waals surface area contributed by atoms with Gasteiger partial charge in [0, 0.05) is 29.8 Å². The number of carbonyl (C=O) groups is 1. The predicted molar refractivity (Wildman–Crippen MR) is 84.8 cm³/mol. The summed E-state index contributed by atoms with van der Waals surface area (Å²) in [6.45, 7) is 0.786. The average molecular weight is 348 g/mol. The molecule has 0 fully saturated rings.